The van der Waals surface area contributed by atoms with Crippen LogP contribution in [0.5, 0.6) is 0 Å². The Hall–Kier alpha value is -4.50. The Morgan fingerprint density at radius 3 is 2.06 bits per heavy atom. The van der Waals surface area contributed by atoms with Gasteiger partial charge in [-0.25, -0.2) is 0 Å². The van der Waals surface area contributed by atoms with Crippen molar-refractivity contribution in [3.8, 4) is 0 Å². The second-order valence-electron chi connectivity index (χ2n) is 8.93. The molecule has 152 valence electrons. The lowest BCUT2D eigenvalue weighted by atomic mass is 10.0. The highest BCUT2D eigenvalue weighted by atomic mass is 16.3. The molecule has 0 radical (unpaired) electrons. The van der Waals surface area contributed by atoms with Crippen molar-refractivity contribution in [2.75, 3.05) is 0 Å². The molecule has 0 unspecified atom stereocenters. The molecule has 4 aromatic heterocycles. The van der Waals surface area contributed by atoms with E-state index in [-0.39, 0.29) is 0 Å². The van der Waals surface area contributed by atoms with Crippen molar-refractivity contribution in [3.63, 3.8) is 0 Å². The smallest absolute Gasteiger partial charge is 0.136 e. The first kappa shape index (κ1) is 16.2. The van der Waals surface area contributed by atoms with Crippen molar-refractivity contribution < 1.29 is 8.83 Å². The molecule has 0 N–H and O–H groups in total. The monoisotopic (exact) mass is 421 g/mol. The maximum Gasteiger partial charge on any atom is 0.136 e. The third kappa shape index (κ3) is 1.77. The molecule has 0 amide bonds. The van der Waals surface area contributed by atoms with Crippen molar-refractivity contribution in [1.82, 2.24) is 4.40 Å². The second-order valence-corrected chi connectivity index (χ2v) is 8.93. The van der Waals surface area contributed by atoms with Crippen LogP contribution in [0, 0.1) is 0 Å². The van der Waals surface area contributed by atoms with Crippen molar-refractivity contribution in [3.05, 3.63) is 91.0 Å². The first-order chi connectivity index (χ1) is 16.4. The number of benzene rings is 5. The van der Waals surface area contributed by atoms with Crippen molar-refractivity contribution in [1.29, 1.82) is 0 Å². The minimum absolute atomic E-state index is 0.929. The predicted octanol–water partition coefficient (Wildman–Crippen LogP) is 8.64. The molecule has 3 heteroatoms. The van der Waals surface area contributed by atoms with Gasteiger partial charge in [-0.05, 0) is 36.4 Å². The number of nitrogens with zero attached hydrogens (tertiary/aromatic N) is 1. The molecule has 0 aliphatic heterocycles. The van der Waals surface area contributed by atoms with Gasteiger partial charge in [0.15, 0.2) is 0 Å². The third-order valence-electron chi connectivity index (χ3n) is 7.32. The van der Waals surface area contributed by atoms with Gasteiger partial charge in [0.25, 0.3) is 0 Å². The Morgan fingerprint density at radius 1 is 0.424 bits per heavy atom. The second kappa shape index (κ2) is 5.28. The number of hydrogen-bond donors (Lipinski definition) is 0. The van der Waals surface area contributed by atoms with Crippen LogP contribution in [0.2, 0.25) is 0 Å². The van der Waals surface area contributed by atoms with Crippen LogP contribution >= 0.6 is 0 Å². The fraction of sp³-hybridized carbons (Fsp3) is 0. The minimum Gasteiger partial charge on any atom is -0.456 e. The van der Waals surface area contributed by atoms with Crippen molar-refractivity contribution in [2.24, 2.45) is 0 Å². The Morgan fingerprint density at radius 2 is 1.15 bits per heavy atom. The Bertz CT molecular complexity index is 2230. The van der Waals surface area contributed by atoms with Gasteiger partial charge in [-0.3, -0.25) is 0 Å². The molecule has 3 nitrogen and oxygen atoms in total. The number of furan rings is 2. The van der Waals surface area contributed by atoms with E-state index in [2.05, 4.69) is 71.1 Å². The van der Waals surface area contributed by atoms with E-state index in [1.165, 1.54) is 48.9 Å². The number of fused-ring (bicyclic) bond motifs is 13. The molecule has 0 saturated heterocycles. The maximum absolute atomic E-state index is 6.21. The lowest BCUT2D eigenvalue weighted by Gasteiger charge is -2.00. The summed E-state index contributed by atoms with van der Waals surface area (Å²) in [6.45, 7) is 0. The van der Waals surface area contributed by atoms with Gasteiger partial charge in [0, 0.05) is 43.1 Å². The van der Waals surface area contributed by atoms with Crippen LogP contribution in [0.25, 0.3) is 82.0 Å². The summed E-state index contributed by atoms with van der Waals surface area (Å²) >= 11 is 0. The molecule has 0 fully saturated rings. The Labute approximate surface area is 186 Å². The molecule has 9 rings (SSSR count). The molecule has 0 aliphatic carbocycles. The molecule has 0 bridgehead atoms. The summed E-state index contributed by atoms with van der Waals surface area (Å²) in [6, 6.07) is 32.1. The highest BCUT2D eigenvalue weighted by Crippen LogP contribution is 2.45. The summed E-state index contributed by atoms with van der Waals surface area (Å²) in [7, 11) is 0. The highest BCUT2D eigenvalue weighted by Gasteiger charge is 2.22. The van der Waals surface area contributed by atoms with Gasteiger partial charge < -0.3 is 13.2 Å². The Kier molecular flexibility index (Phi) is 2.59. The largest absolute Gasteiger partial charge is 0.456 e. The van der Waals surface area contributed by atoms with Crippen LogP contribution in [0.1, 0.15) is 0 Å². The van der Waals surface area contributed by atoms with E-state index in [4.69, 9.17) is 8.83 Å². The van der Waals surface area contributed by atoms with Crippen LogP contribution in [0.15, 0.2) is 99.8 Å². The van der Waals surface area contributed by atoms with E-state index in [9.17, 15) is 0 Å². The number of rotatable bonds is 0. The number of para-hydroxylation sites is 3. The van der Waals surface area contributed by atoms with Gasteiger partial charge in [0.1, 0.15) is 22.3 Å². The van der Waals surface area contributed by atoms with E-state index < -0.39 is 0 Å². The topological polar surface area (TPSA) is 30.7 Å². The van der Waals surface area contributed by atoms with Gasteiger partial charge >= 0.3 is 0 Å². The zero-order chi connectivity index (χ0) is 21.3. The van der Waals surface area contributed by atoms with Gasteiger partial charge in [0.05, 0.1) is 16.6 Å². The summed E-state index contributed by atoms with van der Waals surface area (Å²) in [5.41, 5.74) is 7.41. The van der Waals surface area contributed by atoms with Gasteiger partial charge in [0.2, 0.25) is 0 Å². The SMILES string of the molecule is c1ccc2c(c1)oc1cc3c4cccc5c6c7c(ccc6n(c3cc12)c45)oc1ccccc17. The van der Waals surface area contributed by atoms with Crippen LogP contribution in [0.3, 0.4) is 0 Å². The standard InChI is InChI=1S/C30H15NO2/c1-3-10-24-16(6-1)21-14-23-20(15-27(21)33-24)17-8-5-9-19-28-22(31(23)30(17)19)12-13-26-29(28)18-7-2-4-11-25(18)32-26/h1-15H. The lowest BCUT2D eigenvalue weighted by molar-refractivity contribution is 0.669. The quantitative estimate of drug-likeness (QED) is 0.245. The minimum atomic E-state index is 0.929. The van der Waals surface area contributed by atoms with E-state index >= 15 is 0 Å². The Balaban J connectivity index is 1.59. The maximum atomic E-state index is 6.21. The van der Waals surface area contributed by atoms with Crippen LogP contribution in [-0.4, -0.2) is 4.40 Å². The van der Waals surface area contributed by atoms with Gasteiger partial charge in [-0.15, -0.1) is 0 Å². The summed E-state index contributed by atoms with van der Waals surface area (Å²) in [5.74, 6) is 0. The average Bonchev–Trinajstić information content (AvgIpc) is 3.58. The molecule has 0 saturated carbocycles. The van der Waals surface area contributed by atoms with Gasteiger partial charge in [-0.2, -0.15) is 0 Å². The van der Waals surface area contributed by atoms with Crippen LogP contribution in [0.4, 0.5) is 0 Å². The van der Waals surface area contributed by atoms with Crippen LogP contribution in [-0.2, 0) is 0 Å². The molecule has 0 spiro atoms. The number of hydrogen-bond acceptors (Lipinski definition) is 2. The number of aromatic nitrogens is 1. The molecular weight excluding hydrogens is 406 g/mol. The lowest BCUT2D eigenvalue weighted by Crippen LogP contribution is -1.80. The molecule has 5 aromatic carbocycles. The molecule has 0 aliphatic rings. The van der Waals surface area contributed by atoms with Crippen molar-refractivity contribution >= 4 is 82.0 Å². The summed E-state index contributed by atoms with van der Waals surface area (Å²) in [5, 5.41) is 9.67. The highest BCUT2D eigenvalue weighted by molar-refractivity contribution is 6.32. The van der Waals surface area contributed by atoms with E-state index in [1.807, 2.05) is 24.3 Å². The predicted molar refractivity (Wildman–Crippen MR) is 136 cm³/mol. The van der Waals surface area contributed by atoms with Crippen molar-refractivity contribution in [2.45, 2.75) is 0 Å². The van der Waals surface area contributed by atoms with E-state index in [0.29, 0.717) is 0 Å². The van der Waals surface area contributed by atoms with Crippen LogP contribution < -0.4 is 0 Å². The fourth-order valence-electron chi connectivity index (χ4n) is 6.00. The first-order valence-corrected chi connectivity index (χ1v) is 11.2. The molecular formula is C30H15NO2. The molecule has 4 heterocycles. The van der Waals surface area contributed by atoms with E-state index in [0.717, 1.165) is 33.1 Å². The normalized spacial score (nSPS) is 12.8. The summed E-state index contributed by atoms with van der Waals surface area (Å²) in [6.07, 6.45) is 0. The molecule has 9 aromatic rings. The fourth-order valence-corrected chi connectivity index (χ4v) is 6.00. The van der Waals surface area contributed by atoms with E-state index in [1.54, 1.807) is 0 Å². The van der Waals surface area contributed by atoms with Gasteiger partial charge in [-0.1, -0.05) is 54.6 Å². The third-order valence-corrected chi connectivity index (χ3v) is 7.32. The molecule has 33 heavy (non-hydrogen) atoms. The molecule has 0 atom stereocenters. The summed E-state index contributed by atoms with van der Waals surface area (Å²) in [4.78, 5) is 0. The average molecular weight is 421 g/mol. The zero-order valence-electron chi connectivity index (χ0n) is 17.4. The first-order valence-electron chi connectivity index (χ1n) is 11.2. The zero-order valence-corrected chi connectivity index (χ0v) is 17.4. The summed E-state index contributed by atoms with van der Waals surface area (Å²) < 4.78 is 14.8.